The maximum absolute atomic E-state index is 6.22. The number of hydrogen-bond donors (Lipinski definition) is 0. The molecule has 0 saturated heterocycles. The average molecular weight is 957 g/mol. The van der Waals surface area contributed by atoms with Gasteiger partial charge in [-0.05, 0) is 48.5 Å². The molecule has 0 aliphatic rings. The van der Waals surface area contributed by atoms with Gasteiger partial charge in [0.05, 0.1) is 110 Å². The van der Waals surface area contributed by atoms with Gasteiger partial charge in [-0.15, -0.1) is 0 Å². The van der Waals surface area contributed by atoms with Gasteiger partial charge in [-0.25, -0.2) is 29.9 Å². The Morgan fingerprint density at radius 3 is 0.761 bits per heavy atom. The summed E-state index contributed by atoms with van der Waals surface area (Å²) in [7, 11) is 7.98. The fraction of sp³-hybridized carbons (Fsp3) is 0.296. The lowest BCUT2D eigenvalue weighted by atomic mass is 10.2. The van der Waals surface area contributed by atoms with Crippen molar-refractivity contribution in [3.8, 4) is 57.6 Å². The second-order valence-electron chi connectivity index (χ2n) is 16.8. The van der Waals surface area contributed by atoms with E-state index in [1.54, 1.807) is 0 Å². The van der Waals surface area contributed by atoms with Gasteiger partial charge in [-0.3, -0.25) is 0 Å². The third-order valence-corrected chi connectivity index (χ3v) is 12.1. The summed E-state index contributed by atoms with van der Waals surface area (Å²) in [6.45, 7) is 5.03. The molecular weight excluding hydrogens is 901 g/mol. The normalized spacial score (nSPS) is 11.8. The van der Waals surface area contributed by atoms with Gasteiger partial charge >= 0.3 is 0 Å². The number of nitrogens with zero attached hydrogens (tertiary/aromatic N) is 10. The van der Waals surface area contributed by atoms with Crippen LogP contribution in [0.4, 0.5) is 0 Å². The van der Waals surface area contributed by atoms with Crippen molar-refractivity contribution >= 4 is 44.1 Å². The fourth-order valence-electron chi connectivity index (χ4n) is 8.55. The van der Waals surface area contributed by atoms with Crippen LogP contribution in [0.3, 0.4) is 0 Å². The van der Waals surface area contributed by atoms with Crippen molar-refractivity contribution in [1.82, 2.24) is 48.2 Å². The van der Waals surface area contributed by atoms with Crippen molar-refractivity contribution in [3.05, 3.63) is 121 Å². The van der Waals surface area contributed by atoms with Gasteiger partial charge in [0.1, 0.15) is 47.5 Å². The van der Waals surface area contributed by atoms with E-state index < -0.39 is 0 Å². The van der Waals surface area contributed by atoms with E-state index in [-0.39, 0.29) is 0 Å². The zero-order valence-electron chi connectivity index (χ0n) is 40.4. The molecule has 6 aromatic heterocycles. The molecule has 0 atom stereocenters. The maximum Gasteiger partial charge on any atom is 0.159 e. The van der Waals surface area contributed by atoms with E-state index in [2.05, 4.69) is 0 Å². The van der Waals surface area contributed by atoms with Crippen molar-refractivity contribution in [2.24, 2.45) is 28.2 Å². The van der Waals surface area contributed by atoms with E-state index in [1.165, 1.54) is 0 Å². The Labute approximate surface area is 410 Å². The van der Waals surface area contributed by atoms with E-state index >= 15 is 0 Å². The predicted molar refractivity (Wildman–Crippen MR) is 272 cm³/mol. The van der Waals surface area contributed by atoms with Crippen molar-refractivity contribution in [1.29, 1.82) is 0 Å². The third-order valence-electron chi connectivity index (χ3n) is 12.1. The summed E-state index contributed by atoms with van der Waals surface area (Å²) in [5.41, 5.74) is 10.4. The summed E-state index contributed by atoms with van der Waals surface area (Å²) in [5, 5.41) is 0. The van der Waals surface area contributed by atoms with Gasteiger partial charge in [0.25, 0.3) is 0 Å². The zero-order valence-corrected chi connectivity index (χ0v) is 40.4. The smallest absolute Gasteiger partial charge is 0.159 e. The summed E-state index contributed by atoms with van der Waals surface area (Å²) in [4.78, 5) is 29.6. The van der Waals surface area contributed by atoms with Crippen molar-refractivity contribution < 1.29 is 33.2 Å². The number of aromatic nitrogens is 10. The number of rotatable bonds is 24. The lowest BCUT2D eigenvalue weighted by molar-refractivity contribution is -0.0141. The van der Waals surface area contributed by atoms with Crippen LogP contribution in [0.15, 0.2) is 121 Å². The lowest BCUT2D eigenvalue weighted by Crippen LogP contribution is -2.15. The van der Waals surface area contributed by atoms with Crippen molar-refractivity contribution in [2.45, 2.75) is 0 Å². The number of fused-ring (bicyclic) bond motifs is 4. The minimum absolute atomic E-state index is 0.347. The molecule has 4 aromatic carbocycles. The molecule has 17 heteroatoms. The van der Waals surface area contributed by atoms with Crippen molar-refractivity contribution in [2.75, 3.05) is 79.3 Å². The minimum Gasteiger partial charge on any atom is -0.491 e. The Hall–Kier alpha value is -7.54. The molecule has 10 rings (SSSR count). The first-order valence-corrected chi connectivity index (χ1v) is 23.8. The standard InChI is InChI=1S/C54H56N10O7/c1-61-47-17-9-5-13-39(47)57-51(61)43-33-37(34-44(55-43)52-58-40-14-6-10-18-48(40)62(52)2)70-31-29-68-27-25-66-23-21-65-22-24-67-26-28-69-30-32-71-38-35-45(53-59-41-15-7-11-19-49(41)63(53)3)56-46(36-38)54-60-42-16-8-12-20-50(42)64(54)4/h5-20,33-36H,21-32H2,1-4H3. The lowest BCUT2D eigenvalue weighted by Gasteiger charge is -2.12. The molecule has 0 spiro atoms. The molecule has 0 N–H and O–H groups in total. The van der Waals surface area contributed by atoms with Gasteiger partial charge in [0.15, 0.2) is 23.3 Å². The summed E-state index contributed by atoms with van der Waals surface area (Å²) in [6, 6.07) is 39.8. The molecule has 0 radical (unpaired) electrons. The van der Waals surface area contributed by atoms with Crippen molar-refractivity contribution in [3.63, 3.8) is 0 Å². The van der Waals surface area contributed by atoms with Gasteiger partial charge in [-0.2, -0.15) is 0 Å². The molecule has 364 valence electrons. The number of ether oxygens (including phenoxy) is 7. The molecule has 0 amide bonds. The summed E-state index contributed by atoms with van der Waals surface area (Å²) in [6.07, 6.45) is 0. The number of pyridine rings is 2. The second kappa shape index (κ2) is 22.0. The molecule has 0 aliphatic carbocycles. The van der Waals surface area contributed by atoms with Gasteiger partial charge in [-0.1, -0.05) is 48.5 Å². The molecule has 10 aromatic rings. The molecular formula is C54H56N10O7. The Morgan fingerprint density at radius 1 is 0.296 bits per heavy atom. The van der Waals surface area contributed by atoms with Crippen LogP contribution < -0.4 is 9.47 Å². The van der Waals surface area contributed by atoms with Crippen LogP contribution in [0.2, 0.25) is 0 Å². The monoisotopic (exact) mass is 956 g/mol. The first kappa shape index (κ1) is 47.2. The maximum atomic E-state index is 6.22. The molecule has 0 bridgehead atoms. The van der Waals surface area contributed by atoms with E-state index in [0.717, 1.165) is 67.4 Å². The van der Waals surface area contributed by atoms with Crippen LogP contribution in [-0.4, -0.2) is 127 Å². The Bertz CT molecular complexity index is 2990. The Morgan fingerprint density at radius 2 is 0.521 bits per heavy atom. The SMILES string of the molecule is Cn1c(-c2cc(OCCOCCOCCOCCOCCOCCOc3cc(-c4nc5ccccc5n4C)nc(-c4nc5ccccc5n4C)c3)cc(-c3nc4ccccc4n3C)n2)nc2ccccc21. The quantitative estimate of drug-likeness (QED) is 0.0533. The number of imidazole rings is 4. The van der Waals surface area contributed by atoms with Gasteiger partial charge in [0.2, 0.25) is 0 Å². The number of aryl methyl sites for hydroxylation is 4. The van der Waals surface area contributed by atoms with E-state index in [9.17, 15) is 0 Å². The van der Waals surface area contributed by atoms with Gasteiger partial charge < -0.3 is 51.4 Å². The molecule has 0 saturated carbocycles. The Kier molecular flexibility index (Phi) is 14.6. The zero-order chi connectivity index (χ0) is 48.5. The highest BCUT2D eigenvalue weighted by molar-refractivity contribution is 5.84. The molecule has 0 aliphatic heterocycles. The van der Waals surface area contributed by atoms with Crippen LogP contribution in [0.5, 0.6) is 11.5 Å². The predicted octanol–water partition coefficient (Wildman–Crippen LogP) is 8.23. The van der Waals surface area contributed by atoms with Crippen LogP contribution in [0, 0.1) is 0 Å². The first-order chi connectivity index (χ1) is 34.9. The van der Waals surface area contributed by atoms with E-state index in [1.807, 2.05) is 168 Å². The molecule has 17 nitrogen and oxygen atoms in total. The highest BCUT2D eigenvalue weighted by Gasteiger charge is 2.20. The van der Waals surface area contributed by atoms with Crippen LogP contribution in [0.1, 0.15) is 0 Å². The number of para-hydroxylation sites is 8. The van der Waals surface area contributed by atoms with Crippen LogP contribution in [-0.2, 0) is 51.9 Å². The summed E-state index contributed by atoms with van der Waals surface area (Å²) >= 11 is 0. The largest absolute Gasteiger partial charge is 0.491 e. The molecule has 0 fully saturated rings. The van der Waals surface area contributed by atoms with Crippen LogP contribution in [0.25, 0.3) is 90.2 Å². The molecule has 0 unspecified atom stereocenters. The topological polar surface area (TPSA) is 162 Å². The van der Waals surface area contributed by atoms with E-state index in [4.69, 9.17) is 63.1 Å². The first-order valence-electron chi connectivity index (χ1n) is 23.8. The highest BCUT2D eigenvalue weighted by Crippen LogP contribution is 2.33. The average Bonchev–Trinajstić information content (AvgIpc) is 4.14. The van der Waals surface area contributed by atoms with Crippen LogP contribution >= 0.6 is 0 Å². The molecule has 71 heavy (non-hydrogen) atoms. The minimum atomic E-state index is 0.347. The summed E-state index contributed by atoms with van der Waals surface area (Å²) < 4.78 is 49.3. The fourth-order valence-corrected chi connectivity index (χ4v) is 8.55. The second-order valence-corrected chi connectivity index (χ2v) is 16.8. The Balaban J connectivity index is 0.609. The molecule has 6 heterocycles. The third kappa shape index (κ3) is 10.6. The number of hydrogen-bond acceptors (Lipinski definition) is 13. The number of benzene rings is 4. The highest BCUT2D eigenvalue weighted by atomic mass is 16.6. The van der Waals surface area contributed by atoms with E-state index in [0.29, 0.717) is 114 Å². The van der Waals surface area contributed by atoms with Gasteiger partial charge in [0, 0.05) is 52.5 Å². The summed E-state index contributed by atoms with van der Waals surface area (Å²) in [5.74, 6) is 4.26.